The number of rotatable bonds is 9. The molecular formula is C32H30N4O5S. The summed E-state index contributed by atoms with van der Waals surface area (Å²) in [4.78, 5) is 44.5. The summed E-state index contributed by atoms with van der Waals surface area (Å²) in [5.41, 5.74) is 4.39. The molecule has 42 heavy (non-hydrogen) atoms. The molecule has 1 aliphatic heterocycles. The van der Waals surface area contributed by atoms with Crippen LogP contribution < -0.4 is 10.6 Å². The van der Waals surface area contributed by atoms with E-state index in [9.17, 15) is 19.5 Å². The highest BCUT2D eigenvalue weighted by molar-refractivity contribution is 7.13. The van der Waals surface area contributed by atoms with Gasteiger partial charge in [0.15, 0.2) is 0 Å². The Morgan fingerprint density at radius 3 is 2.31 bits per heavy atom. The van der Waals surface area contributed by atoms with Gasteiger partial charge in [-0.05, 0) is 34.2 Å². The Labute approximate surface area is 247 Å². The van der Waals surface area contributed by atoms with Gasteiger partial charge in [-0.25, -0.2) is 14.6 Å². The lowest BCUT2D eigenvalue weighted by Crippen LogP contribution is -2.60. The molecule has 1 unspecified atom stereocenters. The van der Waals surface area contributed by atoms with Gasteiger partial charge in [0.25, 0.3) is 0 Å². The topological polar surface area (TPSA) is 121 Å². The van der Waals surface area contributed by atoms with Crippen molar-refractivity contribution in [3.63, 3.8) is 0 Å². The third-order valence-electron chi connectivity index (χ3n) is 7.88. The van der Waals surface area contributed by atoms with Crippen molar-refractivity contribution in [3.05, 3.63) is 112 Å². The van der Waals surface area contributed by atoms with Gasteiger partial charge in [-0.15, -0.1) is 11.3 Å². The number of carbonyl (C=O) groups is 3. The third kappa shape index (κ3) is 5.63. The smallest absolute Gasteiger partial charge is 0.408 e. The summed E-state index contributed by atoms with van der Waals surface area (Å²) in [7, 11) is 0. The summed E-state index contributed by atoms with van der Waals surface area (Å²) < 4.78 is 5.80. The van der Waals surface area contributed by atoms with Crippen LogP contribution in [0.4, 0.5) is 4.79 Å². The Hall–Kier alpha value is -4.54. The second kappa shape index (κ2) is 11.8. The molecule has 0 saturated carbocycles. The molecule has 10 heteroatoms. The standard InChI is InChI=1S/C32H30N4O5S/c37-29(38)27-16-33-28(42-27)17-34-30(39)32(14-15-36(20-32)18-21-8-2-1-3-9-21)35-31(40)41-19-26-24-12-6-4-10-22(24)23-11-5-7-13-25(23)26/h1-13,16,26H,14-15,17-20H2,(H,34,39)(H,35,40)(H,37,38). The van der Waals surface area contributed by atoms with Crippen molar-refractivity contribution >= 4 is 29.3 Å². The molecular weight excluding hydrogens is 552 g/mol. The number of aromatic nitrogens is 1. The fourth-order valence-electron chi connectivity index (χ4n) is 5.86. The molecule has 1 saturated heterocycles. The van der Waals surface area contributed by atoms with Gasteiger partial charge in [0.1, 0.15) is 22.0 Å². The lowest BCUT2D eigenvalue weighted by molar-refractivity contribution is -0.127. The first kappa shape index (κ1) is 27.6. The Bertz CT molecular complexity index is 1580. The summed E-state index contributed by atoms with van der Waals surface area (Å²) >= 11 is 1.00. The maximum Gasteiger partial charge on any atom is 0.408 e. The second-order valence-electron chi connectivity index (χ2n) is 10.6. The van der Waals surface area contributed by atoms with E-state index >= 15 is 0 Å². The van der Waals surface area contributed by atoms with Gasteiger partial charge in [0.2, 0.25) is 5.91 Å². The van der Waals surface area contributed by atoms with Gasteiger partial charge in [-0.1, -0.05) is 78.9 Å². The molecule has 0 radical (unpaired) electrons. The number of amides is 2. The maximum absolute atomic E-state index is 13.7. The molecule has 0 spiro atoms. The molecule has 0 bridgehead atoms. The lowest BCUT2D eigenvalue weighted by atomic mass is 9.97. The number of carboxylic acid groups (broad SMARTS) is 1. The molecule has 9 nitrogen and oxygen atoms in total. The first-order valence-electron chi connectivity index (χ1n) is 13.8. The zero-order chi connectivity index (χ0) is 29.1. The number of nitrogens with one attached hydrogen (secondary N) is 2. The lowest BCUT2D eigenvalue weighted by Gasteiger charge is -2.29. The zero-order valence-corrected chi connectivity index (χ0v) is 23.6. The molecule has 1 aliphatic carbocycles. The average Bonchev–Trinajstić information content (AvgIpc) is 3.72. The SMILES string of the molecule is O=C(NC1(C(=O)NCc2ncc(C(=O)O)s2)CCN(Cc2ccccc2)C1)OCC1c2ccccc2-c2ccccc21. The minimum atomic E-state index is -1.22. The van der Waals surface area contributed by atoms with E-state index in [1.165, 1.54) is 6.20 Å². The maximum atomic E-state index is 13.7. The molecule has 214 valence electrons. The first-order valence-corrected chi connectivity index (χ1v) is 14.6. The molecule has 1 atom stereocenters. The number of ether oxygens (including phenoxy) is 1. The first-order chi connectivity index (χ1) is 20.4. The van der Waals surface area contributed by atoms with Crippen LogP contribution in [0.15, 0.2) is 85.1 Å². The third-order valence-corrected chi connectivity index (χ3v) is 8.87. The van der Waals surface area contributed by atoms with Crippen LogP contribution in [-0.4, -0.2) is 58.2 Å². The number of alkyl carbamates (subject to hydrolysis) is 1. The quantitative estimate of drug-likeness (QED) is 0.263. The second-order valence-corrected chi connectivity index (χ2v) is 11.7. The van der Waals surface area contributed by atoms with Gasteiger partial charge in [-0.2, -0.15) is 0 Å². The number of hydrogen-bond acceptors (Lipinski definition) is 7. The van der Waals surface area contributed by atoms with E-state index in [4.69, 9.17) is 4.74 Å². The fraction of sp³-hybridized carbons (Fsp3) is 0.250. The normalized spacial score (nSPS) is 17.8. The minimum absolute atomic E-state index is 0.0591. The van der Waals surface area contributed by atoms with Crippen LogP contribution in [0.5, 0.6) is 0 Å². The number of aromatic carboxylic acids is 1. The van der Waals surface area contributed by atoms with Crippen molar-refractivity contribution in [2.45, 2.75) is 31.0 Å². The summed E-state index contributed by atoms with van der Waals surface area (Å²) in [5, 5.41) is 15.4. The molecule has 4 aromatic rings. The zero-order valence-electron chi connectivity index (χ0n) is 22.8. The van der Waals surface area contributed by atoms with Crippen LogP contribution in [0.3, 0.4) is 0 Å². The molecule has 3 N–H and O–H groups in total. The van der Waals surface area contributed by atoms with E-state index in [0.29, 0.717) is 31.1 Å². The summed E-state index contributed by atoms with van der Waals surface area (Å²) in [6.07, 6.45) is 1.01. The Kier molecular flexibility index (Phi) is 7.73. The summed E-state index contributed by atoms with van der Waals surface area (Å²) in [5.74, 6) is -1.52. The molecule has 1 fully saturated rings. The minimum Gasteiger partial charge on any atom is -0.477 e. The van der Waals surface area contributed by atoms with Crippen molar-refractivity contribution in [1.29, 1.82) is 0 Å². The molecule has 3 aromatic carbocycles. The van der Waals surface area contributed by atoms with Crippen LogP contribution in [0.2, 0.25) is 0 Å². The average molecular weight is 583 g/mol. The highest BCUT2D eigenvalue weighted by atomic mass is 32.1. The van der Waals surface area contributed by atoms with Gasteiger partial charge >= 0.3 is 12.1 Å². The van der Waals surface area contributed by atoms with E-state index in [-0.39, 0.29) is 29.9 Å². The summed E-state index contributed by atoms with van der Waals surface area (Å²) in [6.45, 7) is 1.74. The van der Waals surface area contributed by atoms with Crippen LogP contribution in [0, 0.1) is 0 Å². The van der Waals surface area contributed by atoms with Gasteiger partial charge < -0.3 is 20.5 Å². The van der Waals surface area contributed by atoms with Crippen molar-refractivity contribution in [3.8, 4) is 11.1 Å². The Morgan fingerprint density at radius 2 is 1.64 bits per heavy atom. The predicted octanol–water partition coefficient (Wildman–Crippen LogP) is 4.64. The molecule has 2 amide bonds. The van der Waals surface area contributed by atoms with Crippen molar-refractivity contribution in [2.75, 3.05) is 19.7 Å². The number of likely N-dealkylation sites (tertiary alicyclic amines) is 1. The molecule has 1 aromatic heterocycles. The number of fused-ring (bicyclic) bond motifs is 3. The number of carboxylic acids is 1. The van der Waals surface area contributed by atoms with Crippen LogP contribution >= 0.6 is 11.3 Å². The van der Waals surface area contributed by atoms with Gasteiger partial charge in [0.05, 0.1) is 12.7 Å². The highest BCUT2D eigenvalue weighted by Crippen LogP contribution is 2.44. The largest absolute Gasteiger partial charge is 0.477 e. The van der Waals surface area contributed by atoms with Crippen molar-refractivity contribution < 1.29 is 24.2 Å². The Balaban J connectivity index is 1.16. The summed E-state index contributed by atoms with van der Waals surface area (Å²) in [6, 6.07) is 26.2. The number of thiazole rings is 1. The number of nitrogens with zero attached hydrogens (tertiary/aromatic N) is 2. The van der Waals surface area contributed by atoms with E-state index < -0.39 is 17.6 Å². The monoisotopic (exact) mass is 582 g/mol. The van der Waals surface area contributed by atoms with Gasteiger partial charge in [-0.3, -0.25) is 9.69 Å². The molecule has 2 aliphatic rings. The van der Waals surface area contributed by atoms with Crippen molar-refractivity contribution in [2.24, 2.45) is 0 Å². The van der Waals surface area contributed by atoms with Gasteiger partial charge in [0, 0.05) is 25.6 Å². The number of carbonyl (C=O) groups excluding carboxylic acids is 2. The highest BCUT2D eigenvalue weighted by Gasteiger charge is 2.46. The number of hydrogen-bond donors (Lipinski definition) is 3. The van der Waals surface area contributed by atoms with E-state index in [0.717, 1.165) is 39.2 Å². The van der Waals surface area contributed by atoms with E-state index in [1.54, 1.807) is 0 Å². The Morgan fingerprint density at radius 1 is 0.976 bits per heavy atom. The predicted molar refractivity (Wildman–Crippen MR) is 158 cm³/mol. The van der Waals surface area contributed by atoms with Crippen LogP contribution in [0.1, 0.15) is 43.7 Å². The van der Waals surface area contributed by atoms with Crippen LogP contribution in [-0.2, 0) is 22.6 Å². The van der Waals surface area contributed by atoms with E-state index in [2.05, 4.69) is 44.8 Å². The fourth-order valence-corrected chi connectivity index (χ4v) is 6.55. The molecule has 6 rings (SSSR count). The van der Waals surface area contributed by atoms with E-state index in [1.807, 2.05) is 54.6 Å². The van der Waals surface area contributed by atoms with Crippen LogP contribution in [0.25, 0.3) is 11.1 Å². The molecule has 2 heterocycles. The van der Waals surface area contributed by atoms with Crippen molar-refractivity contribution in [1.82, 2.24) is 20.5 Å². The number of benzene rings is 3.